The van der Waals surface area contributed by atoms with Gasteiger partial charge in [0.25, 0.3) is 0 Å². The van der Waals surface area contributed by atoms with Crippen LogP contribution >= 0.6 is 0 Å². The van der Waals surface area contributed by atoms with Crippen molar-refractivity contribution in [2.75, 3.05) is 0 Å². The number of hydrogen-bond acceptors (Lipinski definition) is 5. The predicted octanol–water partition coefficient (Wildman–Crippen LogP) is 4.28. The van der Waals surface area contributed by atoms with Crippen LogP contribution in [0.1, 0.15) is 21.7 Å². The third kappa shape index (κ3) is 4.00. The van der Waals surface area contributed by atoms with Gasteiger partial charge in [0.2, 0.25) is 34.8 Å². The van der Waals surface area contributed by atoms with E-state index in [1.807, 2.05) is 0 Å². The maximum absolute atomic E-state index is 13.8. The molecule has 0 bridgehead atoms. The fraction of sp³-hybridized carbons (Fsp3) is 0.105. The van der Waals surface area contributed by atoms with Gasteiger partial charge in [0.05, 0.1) is 5.69 Å². The highest BCUT2D eigenvalue weighted by atomic mass is 19.2. The van der Waals surface area contributed by atoms with Crippen LogP contribution in [-0.4, -0.2) is 15.9 Å². The molecular formula is C19H11F5N2O3. The maximum atomic E-state index is 13.8. The number of halogens is 5. The highest BCUT2D eigenvalue weighted by molar-refractivity contribution is 5.92. The molecule has 0 spiro atoms. The molecule has 3 aromatic rings. The van der Waals surface area contributed by atoms with E-state index in [4.69, 9.17) is 4.74 Å². The molecule has 0 atom stereocenters. The molecule has 2 aromatic carbocycles. The number of ether oxygens (including phenoxy) is 2. The van der Waals surface area contributed by atoms with Gasteiger partial charge in [-0.3, -0.25) is 0 Å². The molecule has 150 valence electrons. The molecule has 1 aromatic heterocycles. The third-order valence-corrected chi connectivity index (χ3v) is 3.77. The average Bonchev–Trinajstić information content (AvgIpc) is 2.73. The van der Waals surface area contributed by atoms with Crippen molar-refractivity contribution < 1.29 is 36.2 Å². The summed E-state index contributed by atoms with van der Waals surface area (Å²) in [5.41, 5.74) is 0.382. The van der Waals surface area contributed by atoms with E-state index in [2.05, 4.69) is 14.7 Å². The summed E-state index contributed by atoms with van der Waals surface area (Å²) in [6.07, 6.45) is 0.958. The van der Waals surface area contributed by atoms with Gasteiger partial charge in [-0.1, -0.05) is 30.3 Å². The van der Waals surface area contributed by atoms with Crippen LogP contribution in [0.5, 0.6) is 11.5 Å². The van der Waals surface area contributed by atoms with Crippen molar-refractivity contribution >= 4 is 5.97 Å². The number of carbonyl (C=O) groups is 1. The number of carbonyl (C=O) groups excluding carboxylic acids is 1. The van der Waals surface area contributed by atoms with Gasteiger partial charge in [-0.2, -0.15) is 8.78 Å². The Labute approximate surface area is 160 Å². The summed E-state index contributed by atoms with van der Waals surface area (Å²) >= 11 is 0. The van der Waals surface area contributed by atoms with Crippen molar-refractivity contribution in [1.29, 1.82) is 0 Å². The quantitative estimate of drug-likeness (QED) is 0.207. The Kier molecular flexibility index (Phi) is 5.71. The summed E-state index contributed by atoms with van der Waals surface area (Å²) in [6, 6.07) is 8.78. The third-order valence-electron chi connectivity index (χ3n) is 3.77. The van der Waals surface area contributed by atoms with Crippen LogP contribution in [0, 0.1) is 36.0 Å². The fourth-order valence-corrected chi connectivity index (χ4v) is 2.33. The normalized spacial score (nSPS) is 10.7. The molecule has 0 aliphatic heterocycles. The Bertz CT molecular complexity index is 1050. The van der Waals surface area contributed by atoms with E-state index in [0.717, 1.165) is 11.9 Å². The van der Waals surface area contributed by atoms with Crippen LogP contribution in [0.3, 0.4) is 0 Å². The average molecular weight is 410 g/mol. The minimum absolute atomic E-state index is 0.00212. The minimum atomic E-state index is -2.37. The first-order valence-electron chi connectivity index (χ1n) is 8.03. The zero-order valence-corrected chi connectivity index (χ0v) is 14.7. The lowest BCUT2D eigenvalue weighted by atomic mass is 10.2. The molecule has 0 radical (unpaired) electrons. The van der Waals surface area contributed by atoms with Gasteiger partial charge < -0.3 is 9.47 Å². The zero-order valence-electron chi connectivity index (χ0n) is 14.7. The molecular weight excluding hydrogens is 399 g/mol. The molecule has 0 N–H and O–H groups in total. The van der Waals surface area contributed by atoms with E-state index < -0.39 is 46.5 Å². The Morgan fingerprint density at radius 3 is 2.07 bits per heavy atom. The van der Waals surface area contributed by atoms with Crippen molar-refractivity contribution in [3.05, 3.63) is 82.7 Å². The number of rotatable bonds is 5. The number of esters is 1. The lowest BCUT2D eigenvalue weighted by molar-refractivity contribution is 0.0703. The van der Waals surface area contributed by atoms with Crippen LogP contribution < -0.4 is 9.47 Å². The Morgan fingerprint density at radius 1 is 0.862 bits per heavy atom. The largest absolute Gasteiger partial charge is 0.484 e. The first-order chi connectivity index (χ1) is 13.8. The van der Waals surface area contributed by atoms with Gasteiger partial charge in [0.15, 0.2) is 11.4 Å². The standard InChI is InChI=1S/C19H11F5N2O3/c1-9-17(28-7-10-5-3-2-4-6-10)16(26-8-25-9)19(27)29-18-14(23)12(21)11(20)13(22)15(18)24/h2-6,8H,7H2,1H3. The zero-order chi connectivity index (χ0) is 21.1. The van der Waals surface area contributed by atoms with Crippen molar-refractivity contribution in [3.8, 4) is 11.5 Å². The summed E-state index contributed by atoms with van der Waals surface area (Å²) in [6.45, 7) is 1.47. The van der Waals surface area contributed by atoms with E-state index in [-0.39, 0.29) is 18.1 Å². The number of hydrogen-bond donors (Lipinski definition) is 0. The first-order valence-corrected chi connectivity index (χ1v) is 8.03. The molecule has 5 nitrogen and oxygen atoms in total. The molecule has 0 aliphatic rings. The summed E-state index contributed by atoms with van der Waals surface area (Å²) in [7, 11) is 0. The van der Waals surface area contributed by atoms with Gasteiger partial charge in [-0.25, -0.2) is 27.9 Å². The molecule has 0 aliphatic carbocycles. The number of benzene rings is 2. The molecule has 0 saturated heterocycles. The highest BCUT2D eigenvalue weighted by Gasteiger charge is 2.30. The Hall–Kier alpha value is -3.56. The molecule has 0 fully saturated rings. The van der Waals surface area contributed by atoms with Crippen LogP contribution in [-0.2, 0) is 6.61 Å². The van der Waals surface area contributed by atoms with Crippen molar-refractivity contribution in [1.82, 2.24) is 9.97 Å². The van der Waals surface area contributed by atoms with Gasteiger partial charge in [0, 0.05) is 0 Å². The van der Waals surface area contributed by atoms with Gasteiger partial charge >= 0.3 is 5.97 Å². The van der Waals surface area contributed by atoms with Crippen LogP contribution in [0.15, 0.2) is 36.7 Å². The number of nitrogens with zero attached hydrogens (tertiary/aromatic N) is 2. The Balaban J connectivity index is 1.92. The predicted molar refractivity (Wildman–Crippen MR) is 88.7 cm³/mol. The SMILES string of the molecule is Cc1ncnc(C(=O)Oc2c(F)c(F)c(F)c(F)c2F)c1OCc1ccccc1. The topological polar surface area (TPSA) is 61.3 Å². The van der Waals surface area contributed by atoms with Crippen molar-refractivity contribution in [2.24, 2.45) is 0 Å². The van der Waals surface area contributed by atoms with Crippen LogP contribution in [0.4, 0.5) is 22.0 Å². The molecule has 10 heteroatoms. The van der Waals surface area contributed by atoms with Gasteiger partial charge in [-0.05, 0) is 12.5 Å². The van der Waals surface area contributed by atoms with E-state index in [9.17, 15) is 26.7 Å². The smallest absolute Gasteiger partial charge is 0.366 e. The lowest BCUT2D eigenvalue weighted by Crippen LogP contribution is -2.17. The summed E-state index contributed by atoms with van der Waals surface area (Å²) in [5.74, 6) is -14.8. The number of aryl methyl sites for hydroxylation is 1. The fourth-order valence-electron chi connectivity index (χ4n) is 2.33. The molecule has 1 heterocycles. The van der Waals surface area contributed by atoms with E-state index in [0.29, 0.717) is 0 Å². The lowest BCUT2D eigenvalue weighted by Gasteiger charge is -2.13. The summed E-state index contributed by atoms with van der Waals surface area (Å²) < 4.78 is 77.2. The second-order valence-electron chi connectivity index (χ2n) is 5.70. The Morgan fingerprint density at radius 2 is 1.45 bits per heavy atom. The number of aromatic nitrogens is 2. The molecule has 0 amide bonds. The first kappa shape index (κ1) is 20.2. The second kappa shape index (κ2) is 8.21. The van der Waals surface area contributed by atoms with E-state index >= 15 is 0 Å². The van der Waals surface area contributed by atoms with Crippen LogP contribution in [0.25, 0.3) is 0 Å². The van der Waals surface area contributed by atoms with E-state index in [1.54, 1.807) is 30.3 Å². The maximum Gasteiger partial charge on any atom is 0.366 e. The molecule has 0 saturated carbocycles. The molecule has 3 rings (SSSR count). The molecule has 0 unspecified atom stereocenters. The molecule has 29 heavy (non-hydrogen) atoms. The van der Waals surface area contributed by atoms with Crippen LogP contribution in [0.2, 0.25) is 0 Å². The van der Waals surface area contributed by atoms with E-state index in [1.165, 1.54) is 6.92 Å². The van der Waals surface area contributed by atoms with Crippen molar-refractivity contribution in [3.63, 3.8) is 0 Å². The van der Waals surface area contributed by atoms with Gasteiger partial charge in [0.1, 0.15) is 12.9 Å². The minimum Gasteiger partial charge on any atom is -0.484 e. The highest BCUT2D eigenvalue weighted by Crippen LogP contribution is 2.30. The second-order valence-corrected chi connectivity index (χ2v) is 5.70. The summed E-state index contributed by atoms with van der Waals surface area (Å²) in [5, 5.41) is 0. The monoisotopic (exact) mass is 410 g/mol. The summed E-state index contributed by atoms with van der Waals surface area (Å²) in [4.78, 5) is 19.9. The van der Waals surface area contributed by atoms with Gasteiger partial charge in [-0.15, -0.1) is 0 Å². The van der Waals surface area contributed by atoms with Crippen molar-refractivity contribution in [2.45, 2.75) is 13.5 Å².